The van der Waals surface area contributed by atoms with E-state index in [0.29, 0.717) is 10.0 Å². The molecule has 8 nitrogen and oxygen atoms in total. The van der Waals surface area contributed by atoms with Gasteiger partial charge in [-0.15, -0.1) is 0 Å². The monoisotopic (exact) mass is 443 g/mol. The minimum Gasteiger partial charge on any atom is -0.442 e. The number of aliphatic hydroxyl groups excluding tert-OH is 1. The van der Waals surface area contributed by atoms with Gasteiger partial charge in [-0.2, -0.15) is 5.01 Å². The summed E-state index contributed by atoms with van der Waals surface area (Å²) in [6.45, 7) is 10.3. The van der Waals surface area contributed by atoms with E-state index >= 15 is 0 Å². The van der Waals surface area contributed by atoms with E-state index in [1.165, 1.54) is 0 Å². The minimum absolute atomic E-state index is 0.108. The summed E-state index contributed by atoms with van der Waals surface area (Å²) in [6.07, 6.45) is 0.477. The highest BCUT2D eigenvalue weighted by Gasteiger charge is 2.48. The standard InChI is InChI=1S/C18H26BrN3O5/c1-17(2,3)26-15(24)21-13(11-7-12(19)10-20-9-11)8-14(23)22(21)16(25)27-18(4,5)6/h7,9-10,13-14,23H,8H2,1-6H3. The van der Waals surface area contributed by atoms with Gasteiger partial charge in [0.05, 0.1) is 6.04 Å². The van der Waals surface area contributed by atoms with Gasteiger partial charge in [0.1, 0.15) is 11.2 Å². The Kier molecular flexibility index (Phi) is 6.06. The summed E-state index contributed by atoms with van der Waals surface area (Å²) in [5.41, 5.74) is -0.906. The number of amides is 2. The molecule has 2 rings (SSSR count). The molecule has 1 fully saturated rings. The highest BCUT2D eigenvalue weighted by atomic mass is 79.9. The van der Waals surface area contributed by atoms with E-state index < -0.39 is 35.7 Å². The zero-order chi connectivity index (χ0) is 20.6. The summed E-state index contributed by atoms with van der Waals surface area (Å²) in [4.78, 5) is 29.6. The predicted octanol–water partition coefficient (Wildman–Crippen LogP) is 4.00. The average molecular weight is 444 g/mol. The Morgan fingerprint density at radius 3 is 2.07 bits per heavy atom. The second-order valence-corrected chi connectivity index (χ2v) is 9.23. The SMILES string of the molecule is CC(C)(C)OC(=O)N1C(O)CC(c2cncc(Br)c2)N1C(=O)OC(C)(C)C. The van der Waals surface area contributed by atoms with Crippen molar-refractivity contribution in [2.24, 2.45) is 0 Å². The molecule has 0 saturated carbocycles. The Morgan fingerprint density at radius 2 is 1.59 bits per heavy atom. The molecule has 1 aliphatic heterocycles. The van der Waals surface area contributed by atoms with Gasteiger partial charge in [-0.1, -0.05) is 0 Å². The normalized spacial score (nSPS) is 20.6. The molecule has 2 unspecified atom stereocenters. The molecule has 9 heteroatoms. The third-order valence-corrected chi connectivity index (χ3v) is 3.95. The molecule has 0 aromatic carbocycles. The van der Waals surface area contributed by atoms with Crippen LogP contribution in [0.5, 0.6) is 0 Å². The Labute approximate surface area is 167 Å². The number of carbonyl (C=O) groups excluding carboxylic acids is 2. The van der Waals surface area contributed by atoms with Gasteiger partial charge < -0.3 is 14.6 Å². The van der Waals surface area contributed by atoms with Gasteiger partial charge in [-0.3, -0.25) is 4.98 Å². The lowest BCUT2D eigenvalue weighted by molar-refractivity contribution is -0.0964. The molecule has 0 bridgehead atoms. The summed E-state index contributed by atoms with van der Waals surface area (Å²) in [7, 11) is 0. The van der Waals surface area contributed by atoms with Gasteiger partial charge in [0, 0.05) is 23.3 Å². The highest BCUT2D eigenvalue weighted by Crippen LogP contribution is 2.38. The third kappa shape index (κ3) is 5.55. The maximum Gasteiger partial charge on any atom is 0.431 e. The Balaban J connectivity index is 2.42. The van der Waals surface area contributed by atoms with Gasteiger partial charge in [0.2, 0.25) is 0 Å². The quantitative estimate of drug-likeness (QED) is 0.704. The van der Waals surface area contributed by atoms with Crippen LogP contribution in [0.25, 0.3) is 0 Å². The van der Waals surface area contributed by atoms with Crippen molar-refractivity contribution < 1.29 is 24.2 Å². The van der Waals surface area contributed by atoms with E-state index in [1.54, 1.807) is 60.0 Å². The van der Waals surface area contributed by atoms with Crippen molar-refractivity contribution in [2.45, 2.75) is 71.4 Å². The molecule has 2 amide bonds. The number of nitrogens with zero attached hydrogens (tertiary/aromatic N) is 3. The highest BCUT2D eigenvalue weighted by molar-refractivity contribution is 9.10. The van der Waals surface area contributed by atoms with E-state index in [4.69, 9.17) is 9.47 Å². The van der Waals surface area contributed by atoms with Crippen molar-refractivity contribution in [3.8, 4) is 0 Å². The first-order valence-corrected chi connectivity index (χ1v) is 9.40. The van der Waals surface area contributed by atoms with Crippen LogP contribution in [0, 0.1) is 0 Å². The average Bonchev–Trinajstić information content (AvgIpc) is 2.81. The topological polar surface area (TPSA) is 92.2 Å². The third-order valence-electron chi connectivity index (χ3n) is 3.52. The molecule has 1 aromatic heterocycles. The van der Waals surface area contributed by atoms with Crippen LogP contribution in [0.2, 0.25) is 0 Å². The van der Waals surface area contributed by atoms with Crippen LogP contribution in [0.15, 0.2) is 22.9 Å². The molecule has 0 radical (unpaired) electrons. The summed E-state index contributed by atoms with van der Waals surface area (Å²) < 4.78 is 11.5. The van der Waals surface area contributed by atoms with Gasteiger partial charge in [-0.05, 0) is 69.1 Å². The molecular formula is C18H26BrN3O5. The van der Waals surface area contributed by atoms with E-state index in [2.05, 4.69) is 20.9 Å². The first-order valence-electron chi connectivity index (χ1n) is 8.61. The number of hydrogen-bond donors (Lipinski definition) is 1. The number of aromatic nitrogens is 1. The van der Waals surface area contributed by atoms with Crippen molar-refractivity contribution in [2.75, 3.05) is 0 Å². The predicted molar refractivity (Wildman–Crippen MR) is 101 cm³/mol. The zero-order valence-electron chi connectivity index (χ0n) is 16.4. The Morgan fingerprint density at radius 1 is 1.07 bits per heavy atom. The molecule has 27 heavy (non-hydrogen) atoms. The number of halogens is 1. The molecule has 2 heterocycles. The number of ether oxygens (including phenoxy) is 2. The first-order chi connectivity index (χ1) is 12.3. The van der Waals surface area contributed by atoms with Gasteiger partial charge in [-0.25, -0.2) is 14.6 Å². The smallest absolute Gasteiger partial charge is 0.431 e. The summed E-state index contributed by atoms with van der Waals surface area (Å²) >= 11 is 3.35. The minimum atomic E-state index is -1.24. The van der Waals surface area contributed by atoms with Crippen LogP contribution in [0.4, 0.5) is 9.59 Å². The number of pyridine rings is 1. The molecule has 2 atom stereocenters. The number of hydrogen-bond acceptors (Lipinski definition) is 6. The maximum atomic E-state index is 12.9. The van der Waals surface area contributed by atoms with Crippen LogP contribution in [-0.4, -0.2) is 49.7 Å². The summed E-state index contributed by atoms with van der Waals surface area (Å²) in [6, 6.07) is 1.15. The lowest BCUT2D eigenvalue weighted by atomic mass is 10.1. The van der Waals surface area contributed by atoms with Gasteiger partial charge in [0.25, 0.3) is 0 Å². The van der Waals surface area contributed by atoms with E-state index in [1.807, 2.05) is 0 Å². The van der Waals surface area contributed by atoms with Crippen molar-refractivity contribution in [3.63, 3.8) is 0 Å². The molecule has 0 spiro atoms. The molecule has 1 aromatic rings. The van der Waals surface area contributed by atoms with E-state index in [9.17, 15) is 14.7 Å². The number of carbonyl (C=O) groups is 2. The number of hydrazine groups is 1. The molecular weight excluding hydrogens is 418 g/mol. The summed E-state index contributed by atoms with van der Waals surface area (Å²) in [5, 5.41) is 12.5. The van der Waals surface area contributed by atoms with E-state index in [0.717, 1.165) is 10.0 Å². The Hall–Kier alpha value is -1.87. The first kappa shape index (κ1) is 21.4. The second kappa shape index (κ2) is 7.63. The summed E-state index contributed by atoms with van der Waals surface area (Å²) in [5.74, 6) is 0. The zero-order valence-corrected chi connectivity index (χ0v) is 18.0. The van der Waals surface area contributed by atoms with Crippen LogP contribution < -0.4 is 0 Å². The lowest BCUT2D eigenvalue weighted by Crippen LogP contribution is -2.51. The maximum absolute atomic E-state index is 12.9. The van der Waals surface area contributed by atoms with Crippen molar-refractivity contribution in [1.82, 2.24) is 15.0 Å². The number of rotatable bonds is 1. The van der Waals surface area contributed by atoms with Crippen LogP contribution in [0.3, 0.4) is 0 Å². The lowest BCUT2D eigenvalue weighted by Gasteiger charge is -2.35. The van der Waals surface area contributed by atoms with E-state index in [-0.39, 0.29) is 6.42 Å². The molecule has 150 valence electrons. The van der Waals surface area contributed by atoms with Crippen molar-refractivity contribution in [1.29, 1.82) is 0 Å². The largest absolute Gasteiger partial charge is 0.442 e. The van der Waals surface area contributed by atoms with Crippen LogP contribution in [-0.2, 0) is 9.47 Å². The van der Waals surface area contributed by atoms with Gasteiger partial charge >= 0.3 is 12.2 Å². The van der Waals surface area contributed by atoms with Crippen LogP contribution in [0.1, 0.15) is 59.6 Å². The fourth-order valence-electron chi connectivity index (χ4n) is 2.62. The molecule has 0 aliphatic carbocycles. The molecule has 1 saturated heterocycles. The number of aliphatic hydroxyl groups is 1. The van der Waals surface area contributed by atoms with Crippen molar-refractivity contribution >= 4 is 28.1 Å². The molecule has 1 N–H and O–H groups in total. The van der Waals surface area contributed by atoms with Crippen molar-refractivity contribution in [3.05, 3.63) is 28.5 Å². The van der Waals surface area contributed by atoms with Crippen LogP contribution >= 0.6 is 15.9 Å². The fraction of sp³-hybridized carbons (Fsp3) is 0.611. The van der Waals surface area contributed by atoms with Gasteiger partial charge in [0.15, 0.2) is 6.23 Å². The Bertz CT molecular complexity index is 714. The fourth-order valence-corrected chi connectivity index (χ4v) is 3.01. The molecule has 1 aliphatic rings. The second-order valence-electron chi connectivity index (χ2n) is 8.32.